The number of aromatic amines is 1. The average molecular weight is 245 g/mol. The highest BCUT2D eigenvalue weighted by Crippen LogP contribution is 2.31. The van der Waals surface area contributed by atoms with Crippen molar-refractivity contribution in [2.75, 3.05) is 7.11 Å². The Morgan fingerprint density at radius 3 is 2.41 bits per heavy atom. The highest BCUT2D eigenvalue weighted by Gasteiger charge is 2.30. The molecule has 0 bridgehead atoms. The highest BCUT2D eigenvalue weighted by atomic mass is 19.4. The summed E-state index contributed by atoms with van der Waals surface area (Å²) in [5, 5.41) is 7.38. The zero-order chi connectivity index (χ0) is 13.1. The Bertz CT molecular complexity index is 517. The van der Waals surface area contributed by atoms with E-state index < -0.39 is 11.7 Å². The predicted molar refractivity (Wildman–Crippen MR) is 56.8 cm³/mol. The minimum absolute atomic E-state index is 0.268. The van der Waals surface area contributed by atoms with Gasteiger partial charge in [-0.2, -0.15) is 13.2 Å². The summed E-state index contributed by atoms with van der Waals surface area (Å²) in [6.07, 6.45) is -3.79. The number of fused-ring (bicyclic) bond motifs is 1. The first-order chi connectivity index (χ1) is 8.00. The molecule has 0 aliphatic carbocycles. The molecular formula is C11H10F3NO2. The van der Waals surface area contributed by atoms with Crippen LogP contribution < -0.4 is 0 Å². The number of carbonyl (C=O) groups excluding carboxylic acids is 1. The van der Waals surface area contributed by atoms with Crippen LogP contribution in [0.15, 0.2) is 24.3 Å². The monoisotopic (exact) mass is 245 g/mol. The van der Waals surface area contributed by atoms with Crippen LogP contribution in [0.1, 0.15) is 16.1 Å². The second-order valence-corrected chi connectivity index (χ2v) is 3.14. The zero-order valence-electron chi connectivity index (χ0n) is 8.88. The molecule has 6 heteroatoms. The summed E-state index contributed by atoms with van der Waals surface area (Å²) < 4.78 is 37.0. The number of aldehydes is 1. The molecule has 0 atom stereocenters. The van der Waals surface area contributed by atoms with Gasteiger partial charge in [-0.15, -0.1) is 0 Å². The average Bonchev–Trinajstić information content (AvgIpc) is 2.72. The van der Waals surface area contributed by atoms with Crippen molar-refractivity contribution in [3.8, 4) is 0 Å². The van der Waals surface area contributed by atoms with Gasteiger partial charge in [-0.05, 0) is 24.3 Å². The van der Waals surface area contributed by atoms with Gasteiger partial charge in [-0.1, -0.05) is 0 Å². The third kappa shape index (κ3) is 2.85. The summed E-state index contributed by atoms with van der Waals surface area (Å²) in [5.74, 6) is 0. The van der Waals surface area contributed by atoms with Gasteiger partial charge in [0.05, 0.1) is 11.3 Å². The van der Waals surface area contributed by atoms with Crippen LogP contribution in [0.5, 0.6) is 0 Å². The van der Waals surface area contributed by atoms with Gasteiger partial charge in [0, 0.05) is 18.0 Å². The number of aliphatic hydroxyl groups excluding tert-OH is 1. The van der Waals surface area contributed by atoms with Crippen molar-refractivity contribution in [3.05, 3.63) is 35.5 Å². The first-order valence-corrected chi connectivity index (χ1v) is 4.60. The van der Waals surface area contributed by atoms with E-state index in [-0.39, 0.29) is 5.69 Å². The first kappa shape index (κ1) is 13.2. The van der Waals surface area contributed by atoms with Gasteiger partial charge in [0.15, 0.2) is 6.29 Å². The Morgan fingerprint density at radius 2 is 1.88 bits per heavy atom. The molecule has 0 amide bonds. The molecular weight excluding hydrogens is 235 g/mol. The number of aliphatic hydroxyl groups is 1. The predicted octanol–water partition coefficient (Wildman–Crippen LogP) is 2.61. The van der Waals surface area contributed by atoms with Gasteiger partial charge in [-0.25, -0.2) is 0 Å². The molecule has 1 heterocycles. The standard InChI is InChI=1S/C10H6F3NO.CH4O/c11-10(12,13)7-1-2-9-6(3-7)4-8(5-15)14-9;1-2/h1-5,14H;2H,1H3. The molecule has 17 heavy (non-hydrogen) atoms. The summed E-state index contributed by atoms with van der Waals surface area (Å²) in [6, 6.07) is 4.69. The lowest BCUT2D eigenvalue weighted by atomic mass is 10.1. The molecule has 0 fully saturated rings. The lowest BCUT2D eigenvalue weighted by Crippen LogP contribution is -2.03. The number of aromatic nitrogens is 1. The van der Waals surface area contributed by atoms with Crippen molar-refractivity contribution in [2.24, 2.45) is 0 Å². The first-order valence-electron chi connectivity index (χ1n) is 4.60. The number of hydrogen-bond donors (Lipinski definition) is 2. The van der Waals surface area contributed by atoms with Crippen LogP contribution in [0, 0.1) is 0 Å². The van der Waals surface area contributed by atoms with E-state index >= 15 is 0 Å². The summed E-state index contributed by atoms with van der Waals surface area (Å²) >= 11 is 0. The molecule has 92 valence electrons. The van der Waals surface area contributed by atoms with Crippen LogP contribution in [0.2, 0.25) is 0 Å². The smallest absolute Gasteiger partial charge is 0.400 e. The van der Waals surface area contributed by atoms with E-state index in [4.69, 9.17) is 5.11 Å². The van der Waals surface area contributed by atoms with Crippen LogP contribution in [0.4, 0.5) is 13.2 Å². The van der Waals surface area contributed by atoms with E-state index in [1.807, 2.05) is 0 Å². The normalized spacial score (nSPS) is 10.9. The number of halogens is 3. The number of H-pyrrole nitrogens is 1. The van der Waals surface area contributed by atoms with Crippen molar-refractivity contribution < 1.29 is 23.1 Å². The molecule has 2 rings (SSSR count). The fourth-order valence-electron chi connectivity index (χ4n) is 1.39. The number of alkyl halides is 3. The van der Waals surface area contributed by atoms with Gasteiger partial charge in [0.2, 0.25) is 0 Å². The Kier molecular flexibility index (Phi) is 3.90. The third-order valence-corrected chi connectivity index (χ3v) is 2.10. The molecule has 1 aromatic carbocycles. The molecule has 1 aromatic heterocycles. The number of rotatable bonds is 1. The van der Waals surface area contributed by atoms with Gasteiger partial charge in [-0.3, -0.25) is 4.79 Å². The fraction of sp³-hybridized carbons (Fsp3) is 0.182. The van der Waals surface area contributed by atoms with Crippen molar-refractivity contribution in [2.45, 2.75) is 6.18 Å². The molecule has 0 aliphatic rings. The van der Waals surface area contributed by atoms with E-state index in [0.29, 0.717) is 17.2 Å². The molecule has 3 nitrogen and oxygen atoms in total. The molecule has 2 aromatic rings. The summed E-state index contributed by atoms with van der Waals surface area (Å²) in [4.78, 5) is 13.1. The molecule has 0 saturated carbocycles. The second-order valence-electron chi connectivity index (χ2n) is 3.14. The third-order valence-electron chi connectivity index (χ3n) is 2.10. The Morgan fingerprint density at radius 1 is 1.24 bits per heavy atom. The van der Waals surface area contributed by atoms with Crippen LogP contribution in [0.3, 0.4) is 0 Å². The highest BCUT2D eigenvalue weighted by molar-refractivity contribution is 5.88. The van der Waals surface area contributed by atoms with E-state index in [2.05, 4.69) is 4.98 Å². The Labute approximate surface area is 94.9 Å². The van der Waals surface area contributed by atoms with Crippen LogP contribution >= 0.6 is 0 Å². The van der Waals surface area contributed by atoms with Crippen molar-refractivity contribution in [1.29, 1.82) is 0 Å². The Hall–Kier alpha value is -1.82. The largest absolute Gasteiger partial charge is 0.416 e. The second kappa shape index (κ2) is 5.01. The fourth-order valence-corrected chi connectivity index (χ4v) is 1.39. The van der Waals surface area contributed by atoms with E-state index in [1.165, 1.54) is 12.1 Å². The van der Waals surface area contributed by atoms with Crippen molar-refractivity contribution in [1.82, 2.24) is 4.98 Å². The maximum atomic E-state index is 12.3. The summed E-state index contributed by atoms with van der Waals surface area (Å²) in [7, 11) is 1.00. The van der Waals surface area contributed by atoms with Gasteiger partial charge < -0.3 is 10.1 Å². The van der Waals surface area contributed by atoms with Crippen LogP contribution in [-0.2, 0) is 6.18 Å². The number of hydrogen-bond acceptors (Lipinski definition) is 2. The molecule has 2 N–H and O–H groups in total. The van der Waals surface area contributed by atoms with Crippen LogP contribution in [-0.4, -0.2) is 23.5 Å². The minimum atomic E-state index is -4.35. The topological polar surface area (TPSA) is 53.1 Å². The van der Waals surface area contributed by atoms with Crippen molar-refractivity contribution >= 4 is 17.2 Å². The van der Waals surface area contributed by atoms with Gasteiger partial charge in [0.25, 0.3) is 0 Å². The summed E-state index contributed by atoms with van der Waals surface area (Å²) in [6.45, 7) is 0. The van der Waals surface area contributed by atoms with Crippen molar-refractivity contribution in [3.63, 3.8) is 0 Å². The quantitative estimate of drug-likeness (QED) is 0.759. The zero-order valence-corrected chi connectivity index (χ0v) is 8.88. The van der Waals surface area contributed by atoms with E-state index in [0.717, 1.165) is 19.2 Å². The summed E-state index contributed by atoms with van der Waals surface area (Å²) in [5.41, 5.74) is 0.0703. The van der Waals surface area contributed by atoms with Gasteiger partial charge in [0.1, 0.15) is 0 Å². The molecule has 0 saturated heterocycles. The van der Waals surface area contributed by atoms with Gasteiger partial charge >= 0.3 is 6.18 Å². The van der Waals surface area contributed by atoms with E-state index in [1.54, 1.807) is 0 Å². The number of nitrogens with one attached hydrogen (secondary N) is 1. The molecule has 0 radical (unpaired) electrons. The lowest BCUT2D eigenvalue weighted by Gasteiger charge is -2.05. The minimum Gasteiger partial charge on any atom is -0.400 e. The number of carbonyl (C=O) groups is 1. The SMILES string of the molecule is CO.O=Cc1cc2cc(C(F)(F)F)ccc2[nH]1. The maximum Gasteiger partial charge on any atom is 0.416 e. The molecule has 0 unspecified atom stereocenters. The lowest BCUT2D eigenvalue weighted by molar-refractivity contribution is -0.137. The Balaban J connectivity index is 0.000000686. The van der Waals surface area contributed by atoms with Crippen LogP contribution in [0.25, 0.3) is 10.9 Å². The molecule has 0 spiro atoms. The molecule has 0 aliphatic heterocycles. The number of benzene rings is 1. The maximum absolute atomic E-state index is 12.3. The van der Waals surface area contributed by atoms with E-state index in [9.17, 15) is 18.0 Å².